The van der Waals surface area contributed by atoms with Crippen molar-refractivity contribution in [2.24, 2.45) is 5.92 Å². The van der Waals surface area contributed by atoms with Crippen LogP contribution in [0.2, 0.25) is 0 Å². The van der Waals surface area contributed by atoms with Crippen LogP contribution in [0.4, 0.5) is 0 Å². The number of hydrogen-bond donors (Lipinski definition) is 0. The van der Waals surface area contributed by atoms with Gasteiger partial charge in [-0.1, -0.05) is 71.0 Å². The number of pyridine rings is 1. The Hall–Kier alpha value is -3.85. The first-order valence-corrected chi connectivity index (χ1v) is 13.6. The minimum absolute atomic E-state index is 0.00461. The highest BCUT2D eigenvalue weighted by Gasteiger charge is 2.21. The second-order valence-corrected chi connectivity index (χ2v) is 12.1. The summed E-state index contributed by atoms with van der Waals surface area (Å²) in [5.41, 5.74) is 9.41. The van der Waals surface area contributed by atoms with Crippen LogP contribution >= 0.6 is 0 Å². The predicted molar refractivity (Wildman–Crippen MR) is 159 cm³/mol. The van der Waals surface area contributed by atoms with E-state index >= 15 is 0 Å². The molecule has 0 atom stereocenters. The monoisotopic (exact) mass is 501 g/mol. The molecule has 192 valence electrons. The molecule has 0 saturated carbocycles. The van der Waals surface area contributed by atoms with Crippen LogP contribution < -0.4 is 0 Å². The van der Waals surface area contributed by atoms with Crippen LogP contribution in [0.15, 0.2) is 75.6 Å². The highest BCUT2D eigenvalue weighted by molar-refractivity contribution is 5.97. The molecular formula is C35H35NO2. The van der Waals surface area contributed by atoms with E-state index in [4.69, 9.17) is 13.8 Å². The lowest BCUT2D eigenvalue weighted by atomic mass is 9.82. The topological polar surface area (TPSA) is 39.2 Å². The van der Waals surface area contributed by atoms with E-state index < -0.39 is 0 Å². The molecule has 6 aromatic rings. The zero-order valence-electron chi connectivity index (χ0n) is 23.4. The molecule has 6 rings (SSSR count). The summed E-state index contributed by atoms with van der Waals surface area (Å²) in [4.78, 5) is 5.08. The summed E-state index contributed by atoms with van der Waals surface area (Å²) in [5, 5.41) is 3.72. The van der Waals surface area contributed by atoms with Crippen molar-refractivity contribution in [2.75, 3.05) is 0 Å². The van der Waals surface area contributed by atoms with Crippen molar-refractivity contribution in [1.29, 1.82) is 0 Å². The Bertz CT molecular complexity index is 1820. The van der Waals surface area contributed by atoms with E-state index in [1.165, 1.54) is 27.3 Å². The van der Waals surface area contributed by atoms with Gasteiger partial charge in [-0.15, -0.1) is 0 Å². The molecular weight excluding hydrogens is 466 g/mol. The largest absolute Gasteiger partial charge is 0.461 e. The van der Waals surface area contributed by atoms with Gasteiger partial charge in [0, 0.05) is 28.1 Å². The van der Waals surface area contributed by atoms with Crippen LogP contribution in [-0.2, 0) is 11.8 Å². The summed E-state index contributed by atoms with van der Waals surface area (Å²) in [6, 6.07) is 24.0. The zero-order chi connectivity index (χ0) is 26.8. The molecule has 0 bridgehead atoms. The van der Waals surface area contributed by atoms with Crippen LogP contribution in [0, 0.1) is 19.8 Å². The first-order chi connectivity index (χ1) is 18.1. The van der Waals surface area contributed by atoms with Crippen molar-refractivity contribution in [1.82, 2.24) is 4.98 Å². The van der Waals surface area contributed by atoms with Crippen LogP contribution in [0.25, 0.3) is 55.2 Å². The zero-order valence-corrected chi connectivity index (χ0v) is 23.4. The first-order valence-electron chi connectivity index (χ1n) is 13.6. The van der Waals surface area contributed by atoms with Gasteiger partial charge < -0.3 is 8.83 Å². The van der Waals surface area contributed by atoms with E-state index in [0.29, 0.717) is 5.92 Å². The maximum Gasteiger partial charge on any atom is 0.160 e. The van der Waals surface area contributed by atoms with E-state index in [2.05, 4.69) is 102 Å². The number of fused-ring (bicyclic) bond motifs is 3. The molecule has 3 heteroatoms. The molecule has 0 radical (unpaired) electrons. The highest BCUT2D eigenvalue weighted by atomic mass is 16.3. The van der Waals surface area contributed by atoms with E-state index in [0.717, 1.165) is 57.0 Å². The third kappa shape index (κ3) is 4.20. The van der Waals surface area contributed by atoms with Crippen molar-refractivity contribution >= 4 is 32.8 Å². The molecule has 0 aliphatic rings. The number of benzene rings is 3. The lowest BCUT2D eigenvalue weighted by Gasteiger charge is -2.23. The molecule has 3 heterocycles. The van der Waals surface area contributed by atoms with Crippen molar-refractivity contribution in [3.63, 3.8) is 0 Å². The standard InChI is InChI=1S/C35H35NO2/c1-20(2)14-28-22(4)38-33-18-24(12-13-27(28)33)29-19-31(36-32-15-21(3)37-34(29)32)25-16-23-10-8-9-11-26(23)30(17-25)35(5,6)7/h8-13,15-20H,14H2,1-7H3. The fourth-order valence-corrected chi connectivity index (χ4v) is 5.68. The Morgan fingerprint density at radius 1 is 0.816 bits per heavy atom. The Morgan fingerprint density at radius 3 is 2.37 bits per heavy atom. The number of hydrogen-bond acceptors (Lipinski definition) is 3. The first kappa shape index (κ1) is 24.5. The molecule has 3 aromatic heterocycles. The normalized spacial score (nSPS) is 12.4. The number of furan rings is 2. The van der Waals surface area contributed by atoms with Crippen LogP contribution in [0.3, 0.4) is 0 Å². The van der Waals surface area contributed by atoms with Crippen LogP contribution in [0.1, 0.15) is 57.3 Å². The number of aryl methyl sites for hydroxylation is 2. The lowest BCUT2D eigenvalue weighted by Crippen LogP contribution is -2.12. The Morgan fingerprint density at radius 2 is 1.61 bits per heavy atom. The fraction of sp³-hybridized carbons (Fsp3) is 0.286. The molecule has 0 aliphatic carbocycles. The average Bonchev–Trinajstić information content (AvgIpc) is 3.39. The second kappa shape index (κ2) is 8.87. The maximum atomic E-state index is 6.25. The van der Waals surface area contributed by atoms with Crippen molar-refractivity contribution in [2.45, 2.75) is 60.3 Å². The Balaban J connectivity index is 1.57. The molecule has 0 aliphatic heterocycles. The summed E-state index contributed by atoms with van der Waals surface area (Å²) >= 11 is 0. The molecule has 0 saturated heterocycles. The SMILES string of the molecule is Cc1cc2nc(-c3cc(C(C)(C)C)c4ccccc4c3)cc(-c3ccc4c(CC(C)C)c(C)oc4c3)c2o1. The summed E-state index contributed by atoms with van der Waals surface area (Å²) in [6.45, 7) is 15.4. The van der Waals surface area contributed by atoms with Crippen LogP contribution in [0.5, 0.6) is 0 Å². The van der Waals surface area contributed by atoms with E-state index in [1.807, 2.05) is 13.0 Å². The quantitative estimate of drug-likeness (QED) is 0.241. The Labute approximate surface area is 224 Å². The third-order valence-corrected chi connectivity index (χ3v) is 7.49. The summed E-state index contributed by atoms with van der Waals surface area (Å²) in [6.07, 6.45) is 1.01. The van der Waals surface area contributed by atoms with Gasteiger partial charge in [0.05, 0.1) is 5.69 Å². The second-order valence-electron chi connectivity index (χ2n) is 12.1. The van der Waals surface area contributed by atoms with Gasteiger partial charge in [0.2, 0.25) is 0 Å². The van der Waals surface area contributed by atoms with Gasteiger partial charge in [-0.05, 0) is 77.8 Å². The minimum Gasteiger partial charge on any atom is -0.461 e. The van der Waals surface area contributed by atoms with Crippen molar-refractivity contribution in [3.8, 4) is 22.4 Å². The van der Waals surface area contributed by atoms with E-state index in [9.17, 15) is 0 Å². The fourth-order valence-electron chi connectivity index (χ4n) is 5.68. The van der Waals surface area contributed by atoms with E-state index in [-0.39, 0.29) is 5.41 Å². The Kier molecular flexibility index (Phi) is 5.72. The van der Waals surface area contributed by atoms with Gasteiger partial charge in [0.25, 0.3) is 0 Å². The number of rotatable bonds is 4. The minimum atomic E-state index is 0.00461. The summed E-state index contributed by atoms with van der Waals surface area (Å²) in [7, 11) is 0. The van der Waals surface area contributed by atoms with Crippen LogP contribution in [-0.4, -0.2) is 4.98 Å². The molecule has 0 N–H and O–H groups in total. The van der Waals surface area contributed by atoms with E-state index in [1.54, 1.807) is 0 Å². The molecule has 38 heavy (non-hydrogen) atoms. The van der Waals surface area contributed by atoms with Gasteiger partial charge in [-0.2, -0.15) is 0 Å². The maximum absolute atomic E-state index is 6.25. The van der Waals surface area contributed by atoms with Gasteiger partial charge in [-0.3, -0.25) is 0 Å². The number of aromatic nitrogens is 1. The molecule has 0 amide bonds. The van der Waals surface area contributed by atoms with Gasteiger partial charge in [0.15, 0.2) is 5.58 Å². The van der Waals surface area contributed by atoms with Gasteiger partial charge in [0.1, 0.15) is 22.6 Å². The molecule has 3 aromatic carbocycles. The average molecular weight is 502 g/mol. The summed E-state index contributed by atoms with van der Waals surface area (Å²) in [5.74, 6) is 2.43. The molecule has 0 spiro atoms. The summed E-state index contributed by atoms with van der Waals surface area (Å²) < 4.78 is 12.4. The predicted octanol–water partition coefficient (Wildman–Crippen LogP) is 10.2. The number of nitrogens with zero attached hydrogens (tertiary/aromatic N) is 1. The lowest BCUT2D eigenvalue weighted by molar-refractivity contribution is 0.560. The molecule has 3 nitrogen and oxygen atoms in total. The molecule has 0 fully saturated rings. The highest BCUT2D eigenvalue weighted by Crippen LogP contribution is 2.39. The smallest absolute Gasteiger partial charge is 0.160 e. The van der Waals surface area contributed by atoms with Gasteiger partial charge in [-0.25, -0.2) is 4.98 Å². The third-order valence-electron chi connectivity index (χ3n) is 7.49. The van der Waals surface area contributed by atoms with Crippen molar-refractivity contribution < 1.29 is 8.83 Å². The van der Waals surface area contributed by atoms with Gasteiger partial charge >= 0.3 is 0 Å². The molecule has 0 unspecified atom stereocenters. The van der Waals surface area contributed by atoms with Crippen molar-refractivity contribution in [3.05, 3.63) is 89.4 Å².